The van der Waals surface area contributed by atoms with Crippen LogP contribution in [0.3, 0.4) is 0 Å². The lowest BCUT2D eigenvalue weighted by molar-refractivity contribution is -0.415. The van der Waals surface area contributed by atoms with Gasteiger partial charge in [0.1, 0.15) is 54.9 Å². The minimum atomic E-state index is -1.73. The van der Waals surface area contributed by atoms with Crippen molar-refractivity contribution >= 4 is 0 Å². The zero-order chi connectivity index (χ0) is 41.1. The third-order valence-electron chi connectivity index (χ3n) is 17.2. The highest BCUT2D eigenvalue weighted by Crippen LogP contribution is 2.71. The Balaban J connectivity index is 0.865. The second-order valence-electron chi connectivity index (χ2n) is 20.3. The number of hydrogen-bond acceptors (Lipinski definition) is 16. The van der Waals surface area contributed by atoms with Gasteiger partial charge in [-0.1, -0.05) is 27.7 Å². The predicted octanol–water partition coefficient (Wildman–Crippen LogP) is 0.502. The van der Waals surface area contributed by atoms with E-state index in [1.54, 1.807) is 0 Å². The van der Waals surface area contributed by atoms with Gasteiger partial charge in [-0.15, -0.1) is 0 Å². The van der Waals surface area contributed by atoms with Gasteiger partial charge in [0.25, 0.3) is 0 Å². The molecule has 25 atom stereocenters. The molecule has 5 aliphatic heterocycles. The Morgan fingerprint density at radius 1 is 0.569 bits per heavy atom. The van der Waals surface area contributed by atoms with Crippen molar-refractivity contribution in [2.45, 2.75) is 190 Å². The standard InChI is InChI=1S/C42H68O16/c1-18-7-12-42(53-15-18)19(2)28-27(58-42)14-24-22-6-5-20-13-21(8-10-40(20,3)23(22)9-11-41(24,28)4)54-38-34(50)31(47)35(55-36-32(48)29(45)25(43)16-51-36)39(57-38)56-37-33(49)30(46)26(44)17-52-37/h18-39,43-50H,5-17H2,1-4H3. The molecule has 332 valence electrons. The SMILES string of the molecule is CC1CCC2(OC1)OC1CC3C4CCC5CC(OC6OC(OC7OCC(O)C(O)C7O)C(OC7OCC(O)C(O)C7O)C(O)C6O)CCC5(C)C4CCC3(C)C1C2C. The molecule has 58 heavy (non-hydrogen) atoms. The minimum Gasteiger partial charge on any atom is -0.388 e. The Labute approximate surface area is 340 Å². The van der Waals surface area contributed by atoms with Crippen molar-refractivity contribution in [1.29, 1.82) is 0 Å². The first-order chi connectivity index (χ1) is 27.5. The molecule has 5 saturated heterocycles. The monoisotopic (exact) mass is 828 g/mol. The maximum absolute atomic E-state index is 11.5. The van der Waals surface area contributed by atoms with Crippen LogP contribution in [-0.4, -0.2) is 159 Å². The van der Waals surface area contributed by atoms with Gasteiger partial charge < -0.3 is 78.7 Å². The molecule has 0 aromatic carbocycles. The quantitative estimate of drug-likeness (QED) is 0.170. The normalized spacial score (nSPS) is 59.6. The van der Waals surface area contributed by atoms with Crippen molar-refractivity contribution in [2.24, 2.45) is 52.3 Å². The zero-order valence-corrected chi connectivity index (χ0v) is 34.2. The highest BCUT2D eigenvalue weighted by molar-refractivity contribution is 5.15. The van der Waals surface area contributed by atoms with E-state index >= 15 is 0 Å². The molecule has 0 aromatic rings. The highest BCUT2D eigenvalue weighted by Gasteiger charge is 2.69. The molecule has 8 N–H and O–H groups in total. The number of aliphatic hydroxyl groups is 8. The second-order valence-corrected chi connectivity index (χ2v) is 20.3. The molecule has 25 unspecified atom stereocenters. The summed E-state index contributed by atoms with van der Waals surface area (Å²) in [6.45, 7) is 9.73. The molecule has 0 amide bonds. The van der Waals surface area contributed by atoms with E-state index in [-0.39, 0.29) is 36.3 Å². The fourth-order valence-electron chi connectivity index (χ4n) is 13.8. The van der Waals surface area contributed by atoms with Crippen molar-refractivity contribution in [3.8, 4) is 0 Å². The van der Waals surface area contributed by atoms with Gasteiger partial charge in [-0.3, -0.25) is 0 Å². The fraction of sp³-hybridized carbons (Fsp3) is 1.00. The number of rotatable bonds is 6. The number of hydrogen-bond donors (Lipinski definition) is 8. The zero-order valence-electron chi connectivity index (χ0n) is 34.2. The third kappa shape index (κ3) is 6.96. The summed E-state index contributed by atoms with van der Waals surface area (Å²) < 4.78 is 48.7. The summed E-state index contributed by atoms with van der Waals surface area (Å²) in [5, 5.41) is 84.6. The minimum absolute atomic E-state index is 0.132. The van der Waals surface area contributed by atoms with Crippen molar-refractivity contribution in [2.75, 3.05) is 19.8 Å². The van der Waals surface area contributed by atoms with E-state index in [0.717, 1.165) is 58.0 Å². The summed E-state index contributed by atoms with van der Waals surface area (Å²) in [6.07, 6.45) is -10.1. The van der Waals surface area contributed by atoms with Gasteiger partial charge in [0.15, 0.2) is 30.9 Å². The summed E-state index contributed by atoms with van der Waals surface area (Å²) in [6, 6.07) is 0. The lowest BCUT2D eigenvalue weighted by Crippen LogP contribution is -2.65. The first kappa shape index (κ1) is 42.7. The van der Waals surface area contributed by atoms with E-state index < -0.39 is 85.9 Å². The molecule has 0 bridgehead atoms. The topological polar surface area (TPSA) is 236 Å². The maximum atomic E-state index is 11.5. The molecule has 5 heterocycles. The van der Waals surface area contributed by atoms with Crippen LogP contribution < -0.4 is 0 Å². The summed E-state index contributed by atoms with van der Waals surface area (Å²) in [4.78, 5) is 0. The van der Waals surface area contributed by atoms with Crippen molar-refractivity contribution in [3.05, 3.63) is 0 Å². The third-order valence-corrected chi connectivity index (χ3v) is 17.2. The Kier molecular flexibility index (Phi) is 11.7. The van der Waals surface area contributed by atoms with E-state index in [4.69, 9.17) is 37.9 Å². The van der Waals surface area contributed by atoms with Crippen molar-refractivity contribution in [3.63, 3.8) is 0 Å². The Hall–Kier alpha value is -0.640. The van der Waals surface area contributed by atoms with Crippen molar-refractivity contribution < 1.29 is 78.7 Å². The molecule has 9 fully saturated rings. The molecule has 16 heteroatoms. The van der Waals surface area contributed by atoms with Gasteiger partial charge in [0.05, 0.1) is 32.0 Å². The van der Waals surface area contributed by atoms with E-state index in [0.29, 0.717) is 41.4 Å². The van der Waals surface area contributed by atoms with E-state index in [1.165, 1.54) is 12.8 Å². The Morgan fingerprint density at radius 2 is 1.22 bits per heavy atom. The van der Waals surface area contributed by atoms with Gasteiger partial charge >= 0.3 is 0 Å². The summed E-state index contributed by atoms with van der Waals surface area (Å²) >= 11 is 0. The van der Waals surface area contributed by atoms with Crippen molar-refractivity contribution in [1.82, 2.24) is 0 Å². The molecular weight excluding hydrogens is 760 g/mol. The second kappa shape index (κ2) is 15.9. The average molecular weight is 829 g/mol. The van der Waals surface area contributed by atoms with Crippen LogP contribution in [0.5, 0.6) is 0 Å². The van der Waals surface area contributed by atoms with Gasteiger partial charge in [0, 0.05) is 12.3 Å². The number of fused-ring (bicyclic) bond motifs is 7. The summed E-state index contributed by atoms with van der Waals surface area (Å²) in [5.74, 6) is 3.32. The van der Waals surface area contributed by atoms with Crippen LogP contribution in [0, 0.1) is 52.3 Å². The largest absolute Gasteiger partial charge is 0.388 e. The van der Waals surface area contributed by atoms with Gasteiger partial charge in [-0.2, -0.15) is 0 Å². The Morgan fingerprint density at radius 3 is 1.90 bits per heavy atom. The maximum Gasteiger partial charge on any atom is 0.192 e. The first-order valence-corrected chi connectivity index (χ1v) is 22.2. The van der Waals surface area contributed by atoms with Crippen LogP contribution in [-0.2, 0) is 37.9 Å². The van der Waals surface area contributed by atoms with Gasteiger partial charge in [-0.25, -0.2) is 0 Å². The molecule has 1 spiro atoms. The highest BCUT2D eigenvalue weighted by atomic mass is 16.8. The lowest BCUT2D eigenvalue weighted by Gasteiger charge is -2.61. The van der Waals surface area contributed by atoms with Gasteiger partial charge in [0.2, 0.25) is 0 Å². The summed E-state index contributed by atoms with van der Waals surface area (Å²) in [7, 11) is 0. The number of aliphatic hydroxyl groups excluding tert-OH is 8. The fourth-order valence-corrected chi connectivity index (χ4v) is 13.8. The van der Waals surface area contributed by atoms with Crippen LogP contribution in [0.4, 0.5) is 0 Å². The van der Waals surface area contributed by atoms with Crippen LogP contribution >= 0.6 is 0 Å². The first-order valence-electron chi connectivity index (χ1n) is 22.2. The van der Waals surface area contributed by atoms with E-state index in [1.807, 2.05) is 0 Å². The molecule has 9 rings (SSSR count). The van der Waals surface area contributed by atoms with Crippen LogP contribution in [0.2, 0.25) is 0 Å². The molecule has 0 aromatic heterocycles. The number of ether oxygens (including phenoxy) is 8. The van der Waals surface area contributed by atoms with Gasteiger partial charge in [-0.05, 0) is 104 Å². The molecule has 4 saturated carbocycles. The van der Waals surface area contributed by atoms with E-state index in [2.05, 4.69) is 27.7 Å². The molecular formula is C42H68O16. The molecule has 0 radical (unpaired) electrons. The summed E-state index contributed by atoms with van der Waals surface area (Å²) in [5.41, 5.74) is 0.367. The Bertz CT molecular complexity index is 1450. The smallest absolute Gasteiger partial charge is 0.192 e. The lowest BCUT2D eigenvalue weighted by atomic mass is 9.44. The average Bonchev–Trinajstić information content (AvgIpc) is 3.65. The van der Waals surface area contributed by atoms with Crippen LogP contribution in [0.1, 0.15) is 91.9 Å². The van der Waals surface area contributed by atoms with Crippen LogP contribution in [0.25, 0.3) is 0 Å². The van der Waals surface area contributed by atoms with Crippen LogP contribution in [0.15, 0.2) is 0 Å². The predicted molar refractivity (Wildman–Crippen MR) is 199 cm³/mol. The molecule has 4 aliphatic carbocycles. The molecule has 9 aliphatic rings. The molecule has 16 nitrogen and oxygen atoms in total. The van der Waals surface area contributed by atoms with E-state index in [9.17, 15) is 40.9 Å².